The molecule has 3 heteroatoms. The molecule has 0 aromatic heterocycles. The molecular weight excluding hydrogens is 224 g/mol. The summed E-state index contributed by atoms with van der Waals surface area (Å²) >= 11 is 0. The van der Waals surface area contributed by atoms with Crippen molar-refractivity contribution in [2.45, 2.75) is 25.1 Å². The predicted octanol–water partition coefficient (Wildman–Crippen LogP) is 1.40. The Balaban J connectivity index is 1.88. The van der Waals surface area contributed by atoms with E-state index in [1.165, 1.54) is 5.56 Å². The van der Waals surface area contributed by atoms with Crippen LogP contribution in [-0.2, 0) is 6.54 Å². The molecule has 1 aromatic rings. The molecule has 98 valence electrons. The lowest BCUT2D eigenvalue weighted by atomic mass is 10.0. The Bertz CT molecular complexity index is 366. The Hall–Kier alpha value is -1.16. The molecule has 0 radical (unpaired) electrons. The summed E-state index contributed by atoms with van der Waals surface area (Å²) in [5.74, 6) is 0. The first-order valence-corrected chi connectivity index (χ1v) is 6.58. The van der Waals surface area contributed by atoms with Gasteiger partial charge in [-0.1, -0.05) is 36.4 Å². The lowest BCUT2D eigenvalue weighted by molar-refractivity contribution is 0.0459. The zero-order valence-electron chi connectivity index (χ0n) is 10.8. The van der Waals surface area contributed by atoms with Gasteiger partial charge in [0.15, 0.2) is 0 Å². The number of nitrogens with one attached hydrogen (secondary N) is 1. The van der Waals surface area contributed by atoms with Crippen molar-refractivity contribution in [3.8, 4) is 0 Å². The van der Waals surface area contributed by atoms with Crippen LogP contribution < -0.4 is 5.32 Å². The Morgan fingerprint density at radius 2 is 2.17 bits per heavy atom. The number of aliphatic hydroxyl groups excluding tert-OH is 1. The van der Waals surface area contributed by atoms with E-state index in [1.54, 1.807) is 0 Å². The van der Waals surface area contributed by atoms with Crippen LogP contribution in [0.4, 0.5) is 0 Å². The molecule has 1 aliphatic rings. The van der Waals surface area contributed by atoms with E-state index in [9.17, 15) is 5.11 Å². The molecule has 1 aromatic carbocycles. The van der Waals surface area contributed by atoms with Crippen molar-refractivity contribution in [3.63, 3.8) is 0 Å². The normalized spacial score (nSPS) is 24.9. The van der Waals surface area contributed by atoms with Gasteiger partial charge >= 0.3 is 0 Å². The lowest BCUT2D eigenvalue weighted by Gasteiger charge is -2.36. The van der Waals surface area contributed by atoms with Gasteiger partial charge in [0, 0.05) is 32.2 Å². The summed E-state index contributed by atoms with van der Waals surface area (Å²) in [6, 6.07) is 10.6. The molecule has 2 atom stereocenters. The highest BCUT2D eigenvalue weighted by molar-refractivity contribution is 5.14. The first kappa shape index (κ1) is 13.3. The summed E-state index contributed by atoms with van der Waals surface area (Å²) < 4.78 is 0. The first-order valence-electron chi connectivity index (χ1n) is 6.58. The number of rotatable bonds is 5. The van der Waals surface area contributed by atoms with Crippen molar-refractivity contribution in [2.75, 3.05) is 19.6 Å². The molecule has 1 saturated heterocycles. The minimum Gasteiger partial charge on any atom is -0.391 e. The van der Waals surface area contributed by atoms with E-state index in [2.05, 4.69) is 41.1 Å². The molecule has 1 aliphatic heterocycles. The van der Waals surface area contributed by atoms with Gasteiger partial charge < -0.3 is 10.4 Å². The fourth-order valence-corrected chi connectivity index (χ4v) is 2.43. The maximum Gasteiger partial charge on any atom is 0.0718 e. The smallest absolute Gasteiger partial charge is 0.0718 e. The number of aliphatic hydroxyl groups is 1. The molecule has 2 N–H and O–H groups in total. The van der Waals surface area contributed by atoms with E-state index in [0.717, 1.165) is 32.6 Å². The summed E-state index contributed by atoms with van der Waals surface area (Å²) in [6.45, 7) is 7.26. The minimum absolute atomic E-state index is 0.153. The number of piperidine rings is 1. The molecule has 0 unspecified atom stereocenters. The predicted molar refractivity (Wildman–Crippen MR) is 74.3 cm³/mol. The standard InChI is InChI=1S/C15H22N2O/c1-2-9-16-14-12-17(10-8-15(14)18)11-13-6-4-3-5-7-13/h2-7,14-16,18H,1,8-12H2/t14-,15-/m1/s1. The van der Waals surface area contributed by atoms with Crippen molar-refractivity contribution in [1.29, 1.82) is 0 Å². The highest BCUT2D eigenvalue weighted by Crippen LogP contribution is 2.14. The first-order chi connectivity index (χ1) is 8.79. The molecule has 1 heterocycles. The summed E-state index contributed by atoms with van der Waals surface area (Å²) in [7, 11) is 0. The second-order valence-corrected chi connectivity index (χ2v) is 4.88. The van der Waals surface area contributed by atoms with Gasteiger partial charge in [0.1, 0.15) is 0 Å². The Kier molecular flexibility index (Phi) is 4.93. The highest BCUT2D eigenvalue weighted by atomic mass is 16.3. The SMILES string of the molecule is C=CCN[C@@H]1CN(Cc2ccccc2)CC[C@H]1O. The van der Waals surface area contributed by atoms with Gasteiger partial charge in [-0.3, -0.25) is 4.90 Å². The summed E-state index contributed by atoms with van der Waals surface area (Å²) in [5.41, 5.74) is 1.33. The topological polar surface area (TPSA) is 35.5 Å². The second-order valence-electron chi connectivity index (χ2n) is 4.88. The largest absolute Gasteiger partial charge is 0.391 e. The molecule has 3 nitrogen and oxygen atoms in total. The average Bonchev–Trinajstić information content (AvgIpc) is 2.40. The van der Waals surface area contributed by atoms with E-state index in [-0.39, 0.29) is 12.1 Å². The molecular formula is C15H22N2O. The van der Waals surface area contributed by atoms with Crippen LogP contribution in [-0.4, -0.2) is 41.8 Å². The maximum absolute atomic E-state index is 9.96. The van der Waals surface area contributed by atoms with Crippen molar-refractivity contribution in [2.24, 2.45) is 0 Å². The molecule has 0 bridgehead atoms. The number of nitrogens with zero attached hydrogens (tertiary/aromatic N) is 1. The third kappa shape index (κ3) is 3.67. The molecule has 0 aliphatic carbocycles. The van der Waals surface area contributed by atoms with E-state index in [4.69, 9.17) is 0 Å². The lowest BCUT2D eigenvalue weighted by Crippen LogP contribution is -2.53. The Morgan fingerprint density at radius 1 is 1.39 bits per heavy atom. The Morgan fingerprint density at radius 3 is 2.89 bits per heavy atom. The van der Waals surface area contributed by atoms with Crippen LogP contribution in [0.15, 0.2) is 43.0 Å². The molecule has 0 saturated carbocycles. The van der Waals surface area contributed by atoms with Crippen molar-refractivity contribution >= 4 is 0 Å². The van der Waals surface area contributed by atoms with Crippen LogP contribution in [0, 0.1) is 0 Å². The summed E-state index contributed by atoms with van der Waals surface area (Å²) in [4.78, 5) is 2.39. The third-order valence-corrected chi connectivity index (χ3v) is 3.43. The van der Waals surface area contributed by atoms with Gasteiger partial charge in [0.05, 0.1) is 6.10 Å². The highest BCUT2D eigenvalue weighted by Gasteiger charge is 2.26. The summed E-state index contributed by atoms with van der Waals surface area (Å²) in [6.07, 6.45) is 2.43. The van der Waals surface area contributed by atoms with Gasteiger partial charge in [-0.2, -0.15) is 0 Å². The van der Waals surface area contributed by atoms with Crippen LogP contribution in [0.3, 0.4) is 0 Å². The van der Waals surface area contributed by atoms with E-state index in [0.29, 0.717) is 0 Å². The monoisotopic (exact) mass is 246 g/mol. The van der Waals surface area contributed by atoms with Crippen LogP contribution in [0.1, 0.15) is 12.0 Å². The van der Waals surface area contributed by atoms with Gasteiger partial charge in [-0.15, -0.1) is 6.58 Å². The zero-order valence-corrected chi connectivity index (χ0v) is 10.8. The second kappa shape index (κ2) is 6.69. The van der Waals surface area contributed by atoms with Crippen molar-refractivity contribution in [3.05, 3.63) is 48.6 Å². The fraction of sp³-hybridized carbons (Fsp3) is 0.467. The quantitative estimate of drug-likeness (QED) is 0.771. The van der Waals surface area contributed by atoms with E-state index >= 15 is 0 Å². The maximum atomic E-state index is 9.96. The fourth-order valence-electron chi connectivity index (χ4n) is 2.43. The molecule has 0 spiro atoms. The van der Waals surface area contributed by atoms with Gasteiger partial charge in [-0.25, -0.2) is 0 Å². The van der Waals surface area contributed by atoms with Crippen molar-refractivity contribution < 1.29 is 5.11 Å². The molecule has 2 rings (SSSR count). The average molecular weight is 246 g/mol. The summed E-state index contributed by atoms with van der Waals surface area (Å²) in [5, 5.41) is 13.3. The van der Waals surface area contributed by atoms with Crippen LogP contribution in [0.25, 0.3) is 0 Å². The minimum atomic E-state index is -0.239. The number of benzene rings is 1. The van der Waals surface area contributed by atoms with Gasteiger partial charge in [-0.05, 0) is 12.0 Å². The Labute approximate surface area is 109 Å². The van der Waals surface area contributed by atoms with Crippen LogP contribution >= 0.6 is 0 Å². The number of likely N-dealkylation sites (tertiary alicyclic amines) is 1. The number of hydrogen-bond donors (Lipinski definition) is 2. The van der Waals surface area contributed by atoms with Crippen LogP contribution in [0.2, 0.25) is 0 Å². The van der Waals surface area contributed by atoms with E-state index < -0.39 is 0 Å². The molecule has 1 fully saturated rings. The third-order valence-electron chi connectivity index (χ3n) is 3.43. The zero-order chi connectivity index (χ0) is 12.8. The van der Waals surface area contributed by atoms with Crippen molar-refractivity contribution in [1.82, 2.24) is 10.2 Å². The molecule has 0 amide bonds. The van der Waals surface area contributed by atoms with E-state index in [1.807, 2.05) is 12.1 Å². The number of hydrogen-bond acceptors (Lipinski definition) is 3. The van der Waals surface area contributed by atoms with Gasteiger partial charge in [0.2, 0.25) is 0 Å². The molecule has 18 heavy (non-hydrogen) atoms. The van der Waals surface area contributed by atoms with Gasteiger partial charge in [0.25, 0.3) is 0 Å². The van der Waals surface area contributed by atoms with Crippen LogP contribution in [0.5, 0.6) is 0 Å².